The molecule has 3 N–H and O–H groups in total. The first-order chi connectivity index (χ1) is 10.1. The van der Waals surface area contributed by atoms with Crippen molar-refractivity contribution >= 4 is 17.9 Å². The number of carbonyl (C=O) groups excluding carboxylic acids is 3. The van der Waals surface area contributed by atoms with Crippen LogP contribution in [-0.4, -0.2) is 30.1 Å². The minimum atomic E-state index is -0.691. The molecule has 0 heterocycles. The Hall–Kier alpha value is -2.05. The third-order valence-corrected chi connectivity index (χ3v) is 2.46. The third-order valence-electron chi connectivity index (χ3n) is 2.46. The molecule has 0 aromatic rings. The van der Waals surface area contributed by atoms with Crippen molar-refractivity contribution < 1.29 is 19.1 Å². The first kappa shape index (κ1) is 19.9. The molecule has 0 aliphatic rings. The number of hydrogen-bond acceptors (Lipinski definition) is 4. The van der Waals surface area contributed by atoms with Crippen LogP contribution < -0.4 is 16.2 Å². The molecule has 0 unspecified atom stereocenters. The highest BCUT2D eigenvalue weighted by Crippen LogP contribution is 2.06. The topological polar surface area (TPSA) is 96.5 Å². The number of rotatable bonds is 7. The molecule has 7 nitrogen and oxygen atoms in total. The largest absolute Gasteiger partial charge is 0.443 e. The fraction of sp³-hybridized carbons (Fsp3) is 0.667. The Morgan fingerprint density at radius 1 is 1.05 bits per heavy atom. The summed E-state index contributed by atoms with van der Waals surface area (Å²) in [7, 11) is 0. The summed E-state index contributed by atoms with van der Waals surface area (Å²) in [5.41, 5.74) is 4.35. The zero-order chi connectivity index (χ0) is 17.2. The van der Waals surface area contributed by atoms with E-state index in [1.54, 1.807) is 27.7 Å². The second kappa shape index (κ2) is 9.81. The van der Waals surface area contributed by atoms with E-state index < -0.39 is 11.7 Å². The predicted molar refractivity (Wildman–Crippen MR) is 83.8 cm³/mol. The zero-order valence-electron chi connectivity index (χ0n) is 13.9. The molecule has 3 amide bonds. The molecule has 0 aromatic carbocycles. The van der Waals surface area contributed by atoms with Gasteiger partial charge in [-0.3, -0.25) is 15.0 Å². The van der Waals surface area contributed by atoms with E-state index in [4.69, 9.17) is 4.74 Å². The highest BCUT2D eigenvalue weighted by molar-refractivity contribution is 5.92. The van der Waals surface area contributed by atoms with Crippen LogP contribution in [-0.2, 0) is 14.3 Å². The van der Waals surface area contributed by atoms with Crippen molar-refractivity contribution in [2.24, 2.45) is 0 Å². The van der Waals surface area contributed by atoms with Crippen LogP contribution in [0, 0.1) is 0 Å². The van der Waals surface area contributed by atoms with Crippen molar-refractivity contribution in [3.05, 3.63) is 12.2 Å². The van der Waals surface area contributed by atoms with Gasteiger partial charge in [0.15, 0.2) is 0 Å². The van der Waals surface area contributed by atoms with E-state index in [9.17, 15) is 14.4 Å². The minimum Gasteiger partial charge on any atom is -0.443 e. The molecule has 0 atom stereocenters. The summed E-state index contributed by atoms with van der Waals surface area (Å²) in [6.07, 6.45) is 1.86. The molecule has 0 saturated carbocycles. The molecule has 0 spiro atoms. The molecule has 7 heteroatoms. The van der Waals surface area contributed by atoms with Crippen LogP contribution in [0.4, 0.5) is 4.79 Å². The Morgan fingerprint density at radius 2 is 1.68 bits per heavy atom. The van der Waals surface area contributed by atoms with Gasteiger partial charge in [0, 0.05) is 18.5 Å². The van der Waals surface area contributed by atoms with Gasteiger partial charge < -0.3 is 10.1 Å². The van der Waals surface area contributed by atoms with Crippen LogP contribution in [0.1, 0.15) is 53.4 Å². The maximum Gasteiger partial charge on any atom is 0.426 e. The van der Waals surface area contributed by atoms with Crippen molar-refractivity contribution in [1.29, 1.82) is 0 Å². The molecule has 0 rings (SSSR count). The number of nitrogens with one attached hydrogen (secondary N) is 3. The number of ether oxygens (including phenoxy) is 1. The molecular formula is C15H27N3O4. The summed E-state index contributed by atoms with van der Waals surface area (Å²) in [5, 5.41) is 2.72. The van der Waals surface area contributed by atoms with Gasteiger partial charge in [0.1, 0.15) is 5.60 Å². The van der Waals surface area contributed by atoms with Gasteiger partial charge in [0.05, 0.1) is 0 Å². The van der Waals surface area contributed by atoms with Crippen molar-refractivity contribution in [3.63, 3.8) is 0 Å². The lowest BCUT2D eigenvalue weighted by Gasteiger charge is -2.19. The Kier molecular flexibility index (Phi) is 8.89. The molecule has 0 fully saturated rings. The van der Waals surface area contributed by atoms with E-state index in [1.165, 1.54) is 0 Å². The lowest BCUT2D eigenvalue weighted by atomic mass is 10.2. The summed E-state index contributed by atoms with van der Waals surface area (Å²) < 4.78 is 4.98. The molecule has 0 aliphatic carbocycles. The lowest BCUT2D eigenvalue weighted by molar-refractivity contribution is -0.122. The van der Waals surface area contributed by atoms with Crippen molar-refractivity contribution in [2.45, 2.75) is 59.0 Å². The summed E-state index contributed by atoms with van der Waals surface area (Å²) in [4.78, 5) is 34.0. The van der Waals surface area contributed by atoms with E-state index >= 15 is 0 Å². The molecule has 0 aromatic heterocycles. The summed E-state index contributed by atoms with van der Waals surface area (Å²) >= 11 is 0. The van der Waals surface area contributed by atoms with E-state index in [-0.39, 0.29) is 11.8 Å². The number of hydrazine groups is 1. The smallest absolute Gasteiger partial charge is 0.426 e. The maximum atomic E-state index is 11.5. The molecule has 0 radical (unpaired) electrons. The Balaban J connectivity index is 3.60. The number of carbonyl (C=O) groups is 3. The molecule has 0 aliphatic heterocycles. The Labute approximate surface area is 131 Å². The molecule has 0 saturated heterocycles. The fourth-order valence-corrected chi connectivity index (χ4v) is 1.43. The van der Waals surface area contributed by atoms with Crippen molar-refractivity contribution in [3.8, 4) is 0 Å². The minimum absolute atomic E-state index is 0.153. The third kappa shape index (κ3) is 11.7. The van der Waals surface area contributed by atoms with Crippen LogP contribution in [0.5, 0.6) is 0 Å². The maximum absolute atomic E-state index is 11.5. The van der Waals surface area contributed by atoms with E-state index in [0.717, 1.165) is 12.8 Å². The molecule has 126 valence electrons. The average Bonchev–Trinajstić information content (AvgIpc) is 2.38. The van der Waals surface area contributed by atoms with Crippen LogP contribution >= 0.6 is 0 Å². The van der Waals surface area contributed by atoms with Crippen LogP contribution in [0.15, 0.2) is 12.2 Å². The summed E-state index contributed by atoms with van der Waals surface area (Å²) in [5.74, 6) is -0.434. The van der Waals surface area contributed by atoms with Gasteiger partial charge in [-0.25, -0.2) is 10.2 Å². The van der Waals surface area contributed by atoms with Gasteiger partial charge >= 0.3 is 6.09 Å². The molecule has 22 heavy (non-hydrogen) atoms. The number of amides is 3. The molecule has 0 bridgehead atoms. The van der Waals surface area contributed by atoms with E-state index in [0.29, 0.717) is 25.0 Å². The van der Waals surface area contributed by atoms with Gasteiger partial charge in [0.2, 0.25) is 11.8 Å². The second-order valence-corrected chi connectivity index (χ2v) is 6.02. The second-order valence-electron chi connectivity index (χ2n) is 6.02. The summed E-state index contributed by atoms with van der Waals surface area (Å²) in [6.45, 7) is 11.0. The highest BCUT2D eigenvalue weighted by Gasteiger charge is 2.16. The van der Waals surface area contributed by atoms with Gasteiger partial charge in [-0.2, -0.15) is 0 Å². The van der Waals surface area contributed by atoms with Crippen LogP contribution in [0.25, 0.3) is 0 Å². The van der Waals surface area contributed by atoms with Gasteiger partial charge in [-0.15, -0.1) is 0 Å². The number of hydrogen-bond donors (Lipinski definition) is 3. The molecular weight excluding hydrogens is 286 g/mol. The quantitative estimate of drug-likeness (QED) is 0.379. The highest BCUT2D eigenvalue weighted by atomic mass is 16.6. The number of unbranched alkanes of at least 4 members (excludes halogenated alkanes) is 2. The van der Waals surface area contributed by atoms with Gasteiger partial charge in [-0.05, 0) is 40.5 Å². The van der Waals surface area contributed by atoms with Gasteiger partial charge in [-0.1, -0.05) is 13.0 Å². The lowest BCUT2D eigenvalue weighted by Crippen LogP contribution is -2.44. The first-order valence-corrected chi connectivity index (χ1v) is 7.33. The van der Waals surface area contributed by atoms with Gasteiger partial charge in [0.25, 0.3) is 0 Å². The van der Waals surface area contributed by atoms with Crippen LogP contribution in [0.2, 0.25) is 0 Å². The van der Waals surface area contributed by atoms with Crippen molar-refractivity contribution in [1.82, 2.24) is 16.2 Å². The Morgan fingerprint density at radius 3 is 2.23 bits per heavy atom. The SMILES string of the molecule is C=C(C)C(=O)NCCCCCC(=O)NNC(=O)OC(C)(C)C. The predicted octanol–water partition coefficient (Wildman–Crippen LogP) is 1.79. The van der Waals surface area contributed by atoms with Crippen LogP contribution in [0.3, 0.4) is 0 Å². The first-order valence-electron chi connectivity index (χ1n) is 7.33. The fourth-order valence-electron chi connectivity index (χ4n) is 1.43. The van der Waals surface area contributed by atoms with E-state index in [1.807, 2.05) is 0 Å². The van der Waals surface area contributed by atoms with E-state index in [2.05, 4.69) is 22.7 Å². The Bertz CT molecular complexity index is 414. The zero-order valence-corrected chi connectivity index (χ0v) is 13.9. The normalized spacial score (nSPS) is 10.5. The standard InChI is InChI=1S/C15H27N3O4/c1-11(2)13(20)16-10-8-6-7-9-12(19)17-18-14(21)22-15(3,4)5/h1,6-10H2,2-5H3,(H,16,20)(H,17,19)(H,18,21). The van der Waals surface area contributed by atoms with Crippen molar-refractivity contribution in [2.75, 3.05) is 6.54 Å². The summed E-state index contributed by atoms with van der Waals surface area (Å²) in [6, 6.07) is 0. The average molecular weight is 313 g/mol. The monoisotopic (exact) mass is 313 g/mol.